The second-order valence-corrected chi connectivity index (χ2v) is 4.75. The lowest BCUT2D eigenvalue weighted by atomic mass is 10.1. The molecule has 0 spiro atoms. The molecule has 4 heteroatoms. The minimum absolute atomic E-state index is 0.100. The number of ether oxygens (including phenoxy) is 1. The lowest BCUT2D eigenvalue weighted by molar-refractivity contribution is 0.0528. The van der Waals surface area contributed by atoms with Crippen LogP contribution in [0, 0.1) is 6.92 Å². The summed E-state index contributed by atoms with van der Waals surface area (Å²) in [7, 11) is 0. The lowest BCUT2D eigenvalue weighted by Crippen LogP contribution is -2.07. The average molecular weight is 297 g/mol. The molecule has 2 rings (SSSR count). The maximum atomic E-state index is 12.3. The molecule has 22 heavy (non-hydrogen) atoms. The molecule has 1 N–H and O–H groups in total. The number of allylic oxidation sites excluding steroid dienone is 4. The van der Waals surface area contributed by atoms with Crippen LogP contribution in [0.15, 0.2) is 49.6 Å². The molecular weight excluding hydrogens is 278 g/mol. The molecule has 2 aromatic rings. The van der Waals surface area contributed by atoms with E-state index in [0.717, 1.165) is 16.9 Å². The van der Waals surface area contributed by atoms with Crippen molar-refractivity contribution in [3.05, 3.63) is 60.8 Å². The van der Waals surface area contributed by atoms with Crippen LogP contribution in [0.1, 0.15) is 23.0 Å². The van der Waals surface area contributed by atoms with E-state index in [4.69, 9.17) is 4.74 Å². The number of phenolic OH excluding ortho intramolecular Hbond substituents is 1. The molecule has 0 amide bonds. The van der Waals surface area contributed by atoms with Gasteiger partial charge in [-0.3, -0.25) is 0 Å². The van der Waals surface area contributed by atoms with Gasteiger partial charge >= 0.3 is 5.97 Å². The van der Waals surface area contributed by atoms with Gasteiger partial charge in [-0.25, -0.2) is 4.79 Å². The van der Waals surface area contributed by atoms with E-state index in [-0.39, 0.29) is 5.75 Å². The van der Waals surface area contributed by atoms with Crippen LogP contribution in [0.4, 0.5) is 0 Å². The van der Waals surface area contributed by atoms with Gasteiger partial charge in [0.2, 0.25) is 0 Å². The summed E-state index contributed by atoms with van der Waals surface area (Å²) in [4.78, 5) is 12.3. The normalized spacial score (nSPS) is 11.5. The van der Waals surface area contributed by atoms with Crippen LogP contribution in [0.3, 0.4) is 0 Å². The lowest BCUT2D eigenvalue weighted by Gasteiger charge is -2.09. The number of fused-ring (bicyclic) bond motifs is 1. The van der Waals surface area contributed by atoms with Crippen molar-refractivity contribution in [3.63, 3.8) is 0 Å². The van der Waals surface area contributed by atoms with E-state index in [0.29, 0.717) is 17.6 Å². The number of aromatic nitrogens is 1. The highest BCUT2D eigenvalue weighted by Crippen LogP contribution is 2.32. The Hall–Kier alpha value is -2.75. The van der Waals surface area contributed by atoms with Crippen LogP contribution in [0.2, 0.25) is 0 Å². The SMILES string of the molecule is C=C/C=C(\C=C)n1c(C)c(C(=O)OCC)c2cc(O)ccc21. The zero-order valence-electron chi connectivity index (χ0n) is 12.8. The molecule has 0 unspecified atom stereocenters. The number of rotatable bonds is 5. The summed E-state index contributed by atoms with van der Waals surface area (Å²) in [6, 6.07) is 4.92. The maximum absolute atomic E-state index is 12.3. The van der Waals surface area contributed by atoms with E-state index in [1.54, 1.807) is 43.4 Å². The van der Waals surface area contributed by atoms with Gasteiger partial charge < -0.3 is 14.4 Å². The Morgan fingerprint density at radius 3 is 2.73 bits per heavy atom. The molecule has 0 atom stereocenters. The van der Waals surface area contributed by atoms with Gasteiger partial charge in [-0.05, 0) is 44.2 Å². The standard InChI is InChI=1S/C18H19NO3/c1-5-8-13(6-2)19-12(4)17(18(21)22-7-3)15-11-14(20)9-10-16(15)19/h5-6,8-11,20H,1-2,7H2,3-4H3/b13-8+. The fourth-order valence-electron chi connectivity index (χ4n) is 2.55. The molecule has 0 aliphatic rings. The van der Waals surface area contributed by atoms with Gasteiger partial charge in [0.05, 0.1) is 17.7 Å². The van der Waals surface area contributed by atoms with E-state index in [1.165, 1.54) is 0 Å². The molecule has 0 fully saturated rings. The van der Waals surface area contributed by atoms with Gasteiger partial charge in [0.15, 0.2) is 0 Å². The van der Waals surface area contributed by atoms with Gasteiger partial charge in [-0.1, -0.05) is 19.2 Å². The van der Waals surface area contributed by atoms with Crippen molar-refractivity contribution in [3.8, 4) is 5.75 Å². The van der Waals surface area contributed by atoms with Crippen molar-refractivity contribution in [2.45, 2.75) is 13.8 Å². The fourth-order valence-corrected chi connectivity index (χ4v) is 2.55. The number of carbonyl (C=O) groups excluding carboxylic acids is 1. The number of phenols is 1. The van der Waals surface area contributed by atoms with Crippen LogP contribution in [-0.2, 0) is 4.74 Å². The number of esters is 1. The first-order valence-electron chi connectivity index (χ1n) is 7.01. The third-order valence-corrected chi connectivity index (χ3v) is 3.42. The summed E-state index contributed by atoms with van der Waals surface area (Å²) in [5.41, 5.74) is 2.77. The minimum Gasteiger partial charge on any atom is -0.508 e. The quantitative estimate of drug-likeness (QED) is 0.669. The fraction of sp³-hybridized carbons (Fsp3) is 0.167. The Kier molecular flexibility index (Phi) is 4.51. The molecule has 114 valence electrons. The Bertz CT molecular complexity index is 781. The highest BCUT2D eigenvalue weighted by Gasteiger charge is 2.22. The summed E-state index contributed by atoms with van der Waals surface area (Å²) in [6.07, 6.45) is 5.16. The average Bonchev–Trinajstić information content (AvgIpc) is 2.76. The third-order valence-electron chi connectivity index (χ3n) is 3.42. The second kappa shape index (κ2) is 6.35. The summed E-state index contributed by atoms with van der Waals surface area (Å²) in [6.45, 7) is 11.4. The highest BCUT2D eigenvalue weighted by molar-refractivity contribution is 6.07. The summed E-state index contributed by atoms with van der Waals surface area (Å²) < 4.78 is 7.04. The molecule has 1 heterocycles. The van der Waals surface area contributed by atoms with Gasteiger partial charge in [-0.15, -0.1) is 0 Å². The smallest absolute Gasteiger partial charge is 0.340 e. The third kappa shape index (κ3) is 2.55. The predicted molar refractivity (Wildman–Crippen MR) is 89.0 cm³/mol. The molecule has 0 saturated heterocycles. The van der Waals surface area contributed by atoms with E-state index in [9.17, 15) is 9.90 Å². The molecule has 0 bridgehead atoms. The van der Waals surface area contributed by atoms with Crippen molar-refractivity contribution in [2.75, 3.05) is 6.61 Å². The maximum Gasteiger partial charge on any atom is 0.340 e. The zero-order chi connectivity index (χ0) is 16.3. The number of carbonyl (C=O) groups is 1. The Labute approximate surface area is 129 Å². The number of nitrogens with zero attached hydrogens (tertiary/aromatic N) is 1. The van der Waals surface area contributed by atoms with Gasteiger partial charge in [0, 0.05) is 16.8 Å². The number of benzene rings is 1. The van der Waals surface area contributed by atoms with Crippen LogP contribution in [0.25, 0.3) is 16.6 Å². The number of hydrogen-bond donors (Lipinski definition) is 1. The Morgan fingerprint density at radius 2 is 2.14 bits per heavy atom. The second-order valence-electron chi connectivity index (χ2n) is 4.75. The zero-order valence-corrected chi connectivity index (χ0v) is 12.8. The van der Waals surface area contributed by atoms with E-state index in [1.807, 2.05) is 11.5 Å². The van der Waals surface area contributed by atoms with E-state index >= 15 is 0 Å². The summed E-state index contributed by atoms with van der Waals surface area (Å²) >= 11 is 0. The summed E-state index contributed by atoms with van der Waals surface area (Å²) in [5.74, 6) is -0.306. The van der Waals surface area contributed by atoms with Crippen molar-refractivity contribution in [1.82, 2.24) is 4.57 Å². The first kappa shape index (κ1) is 15.6. The first-order valence-corrected chi connectivity index (χ1v) is 7.01. The van der Waals surface area contributed by atoms with Crippen molar-refractivity contribution in [1.29, 1.82) is 0 Å². The van der Waals surface area contributed by atoms with Crippen LogP contribution >= 0.6 is 0 Å². The molecule has 0 saturated carbocycles. The highest BCUT2D eigenvalue weighted by atomic mass is 16.5. The van der Waals surface area contributed by atoms with Crippen LogP contribution in [0.5, 0.6) is 5.75 Å². The molecular formula is C18H19NO3. The topological polar surface area (TPSA) is 51.5 Å². The molecule has 0 aliphatic heterocycles. The predicted octanol–water partition coefficient (Wildman–Crippen LogP) is 4.04. The van der Waals surface area contributed by atoms with E-state index in [2.05, 4.69) is 13.2 Å². The van der Waals surface area contributed by atoms with Crippen LogP contribution < -0.4 is 0 Å². The van der Waals surface area contributed by atoms with E-state index < -0.39 is 5.97 Å². The monoisotopic (exact) mass is 297 g/mol. The van der Waals surface area contributed by atoms with Crippen LogP contribution in [-0.4, -0.2) is 22.2 Å². The van der Waals surface area contributed by atoms with Crippen molar-refractivity contribution in [2.24, 2.45) is 0 Å². The molecule has 4 nitrogen and oxygen atoms in total. The van der Waals surface area contributed by atoms with Crippen molar-refractivity contribution < 1.29 is 14.6 Å². The molecule has 0 radical (unpaired) electrons. The van der Waals surface area contributed by atoms with Gasteiger partial charge in [0.25, 0.3) is 0 Å². The minimum atomic E-state index is -0.406. The number of hydrogen-bond acceptors (Lipinski definition) is 3. The Balaban J connectivity index is 2.86. The Morgan fingerprint density at radius 1 is 1.41 bits per heavy atom. The van der Waals surface area contributed by atoms with Crippen molar-refractivity contribution >= 4 is 22.6 Å². The largest absolute Gasteiger partial charge is 0.508 e. The molecule has 1 aromatic heterocycles. The number of aromatic hydroxyl groups is 1. The first-order chi connectivity index (χ1) is 10.5. The molecule has 0 aliphatic carbocycles. The molecule has 1 aromatic carbocycles. The van der Waals surface area contributed by atoms with Gasteiger partial charge in [-0.2, -0.15) is 0 Å². The van der Waals surface area contributed by atoms with Gasteiger partial charge in [0.1, 0.15) is 5.75 Å². The summed E-state index contributed by atoms with van der Waals surface area (Å²) in [5, 5.41) is 10.4.